The number of urea groups is 1. The highest BCUT2D eigenvalue weighted by atomic mass is 32.1. The van der Waals surface area contributed by atoms with E-state index in [9.17, 15) is 9.59 Å². The molecular formula is C19H24N4O2S. The Hall–Kier alpha value is -2.38. The van der Waals surface area contributed by atoms with Crippen molar-refractivity contribution in [2.75, 3.05) is 25.0 Å². The second-order valence-electron chi connectivity index (χ2n) is 6.56. The third-order valence-corrected chi connectivity index (χ3v) is 5.74. The van der Waals surface area contributed by atoms with E-state index in [0.29, 0.717) is 5.00 Å². The second-order valence-corrected chi connectivity index (χ2v) is 7.61. The maximum Gasteiger partial charge on any atom is 0.317 e. The third kappa shape index (κ3) is 4.62. The van der Waals surface area contributed by atoms with Crippen LogP contribution in [0.5, 0.6) is 0 Å². The molecule has 0 spiro atoms. The molecule has 0 bridgehead atoms. The minimum atomic E-state index is -0.714. The van der Waals surface area contributed by atoms with Gasteiger partial charge in [-0.1, -0.05) is 30.7 Å². The first-order chi connectivity index (χ1) is 12.5. The van der Waals surface area contributed by atoms with E-state index >= 15 is 0 Å². The van der Waals surface area contributed by atoms with Crippen molar-refractivity contribution in [1.82, 2.24) is 4.90 Å². The Labute approximate surface area is 157 Å². The summed E-state index contributed by atoms with van der Waals surface area (Å²) in [6.45, 7) is 3.51. The van der Waals surface area contributed by atoms with Crippen LogP contribution in [0.4, 0.5) is 9.80 Å². The molecule has 3 amide bonds. The largest absolute Gasteiger partial charge is 0.366 e. The van der Waals surface area contributed by atoms with Crippen molar-refractivity contribution in [3.63, 3.8) is 0 Å². The number of nitrogens with zero attached hydrogens (tertiary/aromatic N) is 1. The van der Waals surface area contributed by atoms with E-state index in [1.165, 1.54) is 49.3 Å². The molecule has 1 aliphatic heterocycles. The number of rotatable bonds is 6. The number of benzene rings is 1. The summed E-state index contributed by atoms with van der Waals surface area (Å²) in [5.41, 5.74) is 13.1. The van der Waals surface area contributed by atoms with E-state index in [1.54, 1.807) is 6.07 Å². The molecule has 1 fully saturated rings. The van der Waals surface area contributed by atoms with Gasteiger partial charge in [0.1, 0.15) is 5.00 Å². The number of nitrogens with two attached hydrogens (primary N) is 2. The molecule has 1 aromatic heterocycles. The van der Waals surface area contributed by atoms with Gasteiger partial charge >= 0.3 is 6.03 Å². The van der Waals surface area contributed by atoms with Gasteiger partial charge in [0, 0.05) is 11.4 Å². The highest BCUT2D eigenvalue weighted by Gasteiger charge is 2.16. The smallest absolute Gasteiger partial charge is 0.317 e. The summed E-state index contributed by atoms with van der Waals surface area (Å²) >= 11 is 1.29. The molecule has 0 radical (unpaired) electrons. The molecule has 2 aromatic rings. The van der Waals surface area contributed by atoms with Crippen LogP contribution in [0.15, 0.2) is 30.3 Å². The third-order valence-electron chi connectivity index (χ3n) is 4.64. The van der Waals surface area contributed by atoms with Crippen molar-refractivity contribution >= 4 is 28.3 Å². The van der Waals surface area contributed by atoms with Crippen molar-refractivity contribution in [2.45, 2.75) is 25.7 Å². The zero-order valence-corrected chi connectivity index (χ0v) is 15.5. The zero-order chi connectivity index (χ0) is 18.5. The van der Waals surface area contributed by atoms with E-state index in [2.05, 4.69) is 22.3 Å². The summed E-state index contributed by atoms with van der Waals surface area (Å²) in [6, 6.07) is 9.29. The van der Waals surface area contributed by atoms with Crippen LogP contribution in [0.2, 0.25) is 0 Å². The first kappa shape index (κ1) is 18.4. The Morgan fingerprint density at radius 1 is 1.08 bits per heavy atom. The van der Waals surface area contributed by atoms with Crippen molar-refractivity contribution in [1.29, 1.82) is 0 Å². The average Bonchev–Trinajstić information content (AvgIpc) is 3.04. The predicted octanol–water partition coefficient (Wildman–Crippen LogP) is 3.03. The van der Waals surface area contributed by atoms with Gasteiger partial charge in [-0.2, -0.15) is 0 Å². The predicted molar refractivity (Wildman–Crippen MR) is 105 cm³/mol. The first-order valence-electron chi connectivity index (χ1n) is 8.84. The number of likely N-dealkylation sites (tertiary alicyclic amines) is 1. The zero-order valence-electron chi connectivity index (χ0n) is 14.7. The van der Waals surface area contributed by atoms with Gasteiger partial charge in [-0.3, -0.25) is 10.1 Å². The molecule has 6 nitrogen and oxygen atoms in total. The monoisotopic (exact) mass is 372 g/mol. The van der Waals surface area contributed by atoms with E-state index in [0.717, 1.165) is 23.4 Å². The molecule has 0 unspecified atom stereocenters. The van der Waals surface area contributed by atoms with Crippen LogP contribution in [0.1, 0.15) is 35.2 Å². The minimum absolute atomic E-state index is 0.276. The normalized spacial score (nSPS) is 14.9. The van der Waals surface area contributed by atoms with Crippen molar-refractivity contribution in [2.24, 2.45) is 11.5 Å². The van der Waals surface area contributed by atoms with Gasteiger partial charge in [-0.05, 0) is 49.5 Å². The molecule has 0 saturated carbocycles. The number of thiophene rings is 1. The second kappa shape index (κ2) is 8.33. The summed E-state index contributed by atoms with van der Waals surface area (Å²) in [5, 5.41) is 2.85. The van der Waals surface area contributed by atoms with Gasteiger partial charge in [0.25, 0.3) is 5.91 Å². The number of carbonyl (C=O) groups excluding carboxylic acids is 2. The van der Waals surface area contributed by atoms with Gasteiger partial charge in [0.05, 0.1) is 5.56 Å². The van der Waals surface area contributed by atoms with E-state index in [-0.39, 0.29) is 5.56 Å². The molecule has 5 N–H and O–H groups in total. The Kier molecular flexibility index (Phi) is 5.90. The lowest BCUT2D eigenvalue weighted by Crippen LogP contribution is -2.31. The molecule has 0 atom stereocenters. The fourth-order valence-electron chi connectivity index (χ4n) is 3.23. The molecule has 3 rings (SSSR count). The SMILES string of the molecule is NC(=O)Nc1sc(-c2ccc(CCN3CCCCC3)cc2)cc1C(N)=O. The van der Waals surface area contributed by atoms with Crippen LogP contribution in [0.25, 0.3) is 10.4 Å². The molecule has 2 heterocycles. The topological polar surface area (TPSA) is 101 Å². The molecular weight excluding hydrogens is 348 g/mol. The van der Waals surface area contributed by atoms with Crippen LogP contribution in [0.3, 0.4) is 0 Å². The summed E-state index contributed by atoms with van der Waals surface area (Å²) in [4.78, 5) is 26.1. The number of hydrogen-bond donors (Lipinski definition) is 3. The highest BCUT2D eigenvalue weighted by Crippen LogP contribution is 2.35. The van der Waals surface area contributed by atoms with Crippen LogP contribution in [-0.2, 0) is 6.42 Å². The molecule has 1 saturated heterocycles. The number of hydrogen-bond acceptors (Lipinski definition) is 4. The lowest BCUT2D eigenvalue weighted by Gasteiger charge is -2.26. The van der Waals surface area contributed by atoms with Crippen LogP contribution in [-0.4, -0.2) is 36.5 Å². The van der Waals surface area contributed by atoms with Gasteiger partial charge in [-0.25, -0.2) is 4.79 Å². The van der Waals surface area contributed by atoms with Crippen LogP contribution < -0.4 is 16.8 Å². The summed E-state index contributed by atoms with van der Waals surface area (Å²) in [5.74, 6) is -0.589. The fourth-order valence-corrected chi connectivity index (χ4v) is 4.30. The van der Waals surface area contributed by atoms with Gasteiger partial charge in [-0.15, -0.1) is 11.3 Å². The Bertz CT molecular complexity index is 779. The standard InChI is InChI=1S/C19H24N4O2S/c20-17(24)15-12-16(26-18(15)22-19(21)25)14-6-4-13(5-7-14)8-11-23-9-2-1-3-10-23/h4-7,12H,1-3,8-11H2,(H2,20,24)(H3,21,22,25). The van der Waals surface area contributed by atoms with E-state index in [1.807, 2.05) is 12.1 Å². The number of nitrogens with one attached hydrogen (secondary N) is 1. The summed E-state index contributed by atoms with van der Waals surface area (Å²) < 4.78 is 0. The molecule has 1 aliphatic rings. The van der Waals surface area contributed by atoms with Gasteiger partial charge in [0.2, 0.25) is 0 Å². The van der Waals surface area contributed by atoms with E-state index in [4.69, 9.17) is 11.5 Å². The van der Waals surface area contributed by atoms with E-state index < -0.39 is 11.9 Å². The average molecular weight is 372 g/mol. The van der Waals surface area contributed by atoms with Gasteiger partial charge in [0.15, 0.2) is 0 Å². The number of piperidine rings is 1. The Morgan fingerprint density at radius 3 is 2.38 bits per heavy atom. The summed E-state index contributed by atoms with van der Waals surface area (Å²) in [7, 11) is 0. The lowest BCUT2D eigenvalue weighted by atomic mass is 10.1. The molecule has 138 valence electrons. The van der Waals surface area contributed by atoms with Gasteiger partial charge < -0.3 is 16.4 Å². The first-order valence-corrected chi connectivity index (χ1v) is 9.66. The number of primary amides is 2. The molecule has 0 aliphatic carbocycles. The lowest BCUT2D eigenvalue weighted by molar-refractivity contribution is 0.100. The molecule has 7 heteroatoms. The van der Waals surface area contributed by atoms with Crippen LogP contribution >= 0.6 is 11.3 Å². The number of anilines is 1. The number of amides is 3. The molecule has 1 aromatic carbocycles. The quantitative estimate of drug-likeness (QED) is 0.726. The van der Waals surface area contributed by atoms with Crippen molar-refractivity contribution in [3.05, 3.63) is 41.5 Å². The van der Waals surface area contributed by atoms with Crippen molar-refractivity contribution in [3.8, 4) is 10.4 Å². The van der Waals surface area contributed by atoms with Crippen LogP contribution in [0, 0.1) is 0 Å². The highest BCUT2D eigenvalue weighted by molar-refractivity contribution is 7.20. The maximum absolute atomic E-state index is 11.6. The fraction of sp³-hybridized carbons (Fsp3) is 0.368. The van der Waals surface area contributed by atoms with Crippen molar-refractivity contribution < 1.29 is 9.59 Å². The maximum atomic E-state index is 11.6. The molecule has 26 heavy (non-hydrogen) atoms. The Balaban J connectivity index is 1.69. The minimum Gasteiger partial charge on any atom is -0.366 e. The Morgan fingerprint density at radius 2 is 1.77 bits per heavy atom. The number of carbonyl (C=O) groups is 2. The summed E-state index contributed by atoms with van der Waals surface area (Å²) in [6.07, 6.45) is 5.00.